The van der Waals surface area contributed by atoms with Crippen molar-refractivity contribution in [1.82, 2.24) is 0 Å². The minimum atomic E-state index is -0.564. The Balaban J connectivity index is 2.34. The normalized spacial score (nSPS) is 11.2. The van der Waals surface area contributed by atoms with Crippen molar-refractivity contribution in [2.45, 2.75) is 40.3 Å². The van der Waals surface area contributed by atoms with Gasteiger partial charge in [-0.3, -0.25) is 0 Å². The molecule has 1 rings (SSSR count). The van der Waals surface area contributed by atoms with E-state index in [-0.39, 0.29) is 50.8 Å². The summed E-state index contributed by atoms with van der Waals surface area (Å²) in [6.07, 6.45) is -0.899. The number of benzene rings is 1. The predicted octanol–water partition coefficient (Wildman–Crippen LogP) is 2.83. The van der Waals surface area contributed by atoms with E-state index in [2.05, 4.69) is 0 Å². The zero-order valence-electron chi connectivity index (χ0n) is 20.6. The maximum Gasteiger partial charge on any atom is 0.338 e. The number of carbonyl (C=O) groups excluding carboxylic acids is 2. The third kappa shape index (κ3) is 13.0. The van der Waals surface area contributed by atoms with Gasteiger partial charge in [-0.05, 0) is 45.9 Å². The molecule has 0 aliphatic carbocycles. The number of rotatable bonds is 20. The number of esters is 2. The van der Waals surface area contributed by atoms with Gasteiger partial charge in [0.25, 0.3) is 0 Å². The predicted molar refractivity (Wildman–Crippen MR) is 123 cm³/mol. The topological polar surface area (TPSA) is 108 Å². The Kier molecular flexibility index (Phi) is 17.0. The highest BCUT2D eigenvalue weighted by Crippen LogP contribution is 2.09. The fourth-order valence-electron chi connectivity index (χ4n) is 2.72. The lowest BCUT2D eigenvalue weighted by molar-refractivity contribution is -0.168. The molecule has 194 valence electrons. The van der Waals surface area contributed by atoms with Gasteiger partial charge >= 0.3 is 11.9 Å². The maximum absolute atomic E-state index is 12.3. The van der Waals surface area contributed by atoms with Crippen molar-refractivity contribution in [3.63, 3.8) is 0 Å². The summed E-state index contributed by atoms with van der Waals surface area (Å²) < 4.78 is 42.7. The van der Waals surface area contributed by atoms with Crippen LogP contribution in [0.15, 0.2) is 24.3 Å². The first-order valence-corrected chi connectivity index (χ1v) is 11.6. The van der Waals surface area contributed by atoms with E-state index in [4.69, 9.17) is 37.9 Å². The molecule has 34 heavy (non-hydrogen) atoms. The van der Waals surface area contributed by atoms with Crippen LogP contribution >= 0.6 is 0 Å². The average molecular weight is 487 g/mol. The van der Waals surface area contributed by atoms with Crippen LogP contribution in [-0.4, -0.2) is 90.6 Å². The molecule has 0 aliphatic rings. The van der Waals surface area contributed by atoms with Gasteiger partial charge in [0.2, 0.25) is 0 Å². The maximum atomic E-state index is 12.3. The Morgan fingerprint density at radius 1 is 0.647 bits per heavy atom. The van der Waals surface area contributed by atoms with Gasteiger partial charge in [-0.15, -0.1) is 0 Å². The van der Waals surface area contributed by atoms with Gasteiger partial charge in [-0.2, -0.15) is 0 Å². The monoisotopic (exact) mass is 486 g/mol. The van der Waals surface area contributed by atoms with Crippen molar-refractivity contribution in [2.75, 3.05) is 66.1 Å². The third-order valence-corrected chi connectivity index (χ3v) is 4.17. The molecule has 0 unspecified atom stereocenters. The van der Waals surface area contributed by atoms with Gasteiger partial charge in [0.1, 0.15) is 13.2 Å². The summed E-state index contributed by atoms with van der Waals surface area (Å²) in [7, 11) is 0. The van der Waals surface area contributed by atoms with Gasteiger partial charge in [-0.1, -0.05) is 6.07 Å². The molecule has 0 aliphatic heterocycles. The second kappa shape index (κ2) is 19.2. The van der Waals surface area contributed by atoms with Crippen LogP contribution in [-0.2, 0) is 37.9 Å². The molecule has 10 heteroatoms. The van der Waals surface area contributed by atoms with E-state index in [1.165, 1.54) is 6.07 Å². The summed E-state index contributed by atoms with van der Waals surface area (Å²) in [5.74, 6) is -1.13. The van der Waals surface area contributed by atoms with Gasteiger partial charge in [0, 0.05) is 26.4 Å². The van der Waals surface area contributed by atoms with Crippen molar-refractivity contribution in [2.24, 2.45) is 0 Å². The molecule has 0 fully saturated rings. The third-order valence-electron chi connectivity index (χ3n) is 4.17. The molecular formula is C24H38O10. The summed E-state index contributed by atoms with van der Waals surface area (Å²) in [5, 5.41) is 0. The molecule has 0 heterocycles. The van der Waals surface area contributed by atoms with Crippen molar-refractivity contribution in [3.05, 3.63) is 35.4 Å². The van der Waals surface area contributed by atoms with Crippen LogP contribution < -0.4 is 0 Å². The molecule has 0 amide bonds. The lowest BCUT2D eigenvalue weighted by Gasteiger charge is -2.16. The van der Waals surface area contributed by atoms with Crippen LogP contribution in [0.5, 0.6) is 0 Å². The Morgan fingerprint density at radius 2 is 1.03 bits per heavy atom. The smallest absolute Gasteiger partial charge is 0.338 e. The molecule has 0 saturated carbocycles. The van der Waals surface area contributed by atoms with Gasteiger partial charge < -0.3 is 37.9 Å². The average Bonchev–Trinajstić information content (AvgIpc) is 2.84. The molecule has 0 bridgehead atoms. The Hall–Kier alpha value is -2.08. The molecule has 0 N–H and O–H groups in total. The Labute approximate surface area is 201 Å². The van der Waals surface area contributed by atoms with E-state index >= 15 is 0 Å². The SMILES string of the molecule is CCOC(COCCOC(=O)c1cccc(C(=O)OCCOCC(OCC)OCC)c1)OCC. The molecule has 1 aromatic carbocycles. The molecule has 1 aromatic rings. The lowest BCUT2D eigenvalue weighted by atomic mass is 10.1. The minimum absolute atomic E-state index is 0.0559. The Morgan fingerprint density at radius 3 is 1.38 bits per heavy atom. The number of hydrogen-bond donors (Lipinski definition) is 0. The van der Waals surface area contributed by atoms with Gasteiger partial charge in [-0.25, -0.2) is 9.59 Å². The molecule has 0 radical (unpaired) electrons. The molecule has 0 saturated heterocycles. The zero-order chi connectivity index (χ0) is 25.0. The number of ether oxygens (including phenoxy) is 8. The highest BCUT2D eigenvalue weighted by atomic mass is 16.7. The number of carbonyl (C=O) groups is 2. The van der Waals surface area contributed by atoms with Crippen molar-refractivity contribution in [3.8, 4) is 0 Å². The molecule has 10 nitrogen and oxygen atoms in total. The van der Waals surface area contributed by atoms with E-state index in [0.29, 0.717) is 26.4 Å². The fraction of sp³-hybridized carbons (Fsp3) is 0.667. The Bertz CT molecular complexity index is 616. The first-order valence-electron chi connectivity index (χ1n) is 11.6. The second-order valence-electron chi connectivity index (χ2n) is 6.68. The summed E-state index contributed by atoms with van der Waals surface area (Å²) in [5.41, 5.74) is 0.479. The molecule has 0 spiro atoms. The summed E-state index contributed by atoms with van der Waals surface area (Å²) in [6, 6.07) is 6.13. The van der Waals surface area contributed by atoms with E-state index in [0.717, 1.165) is 0 Å². The summed E-state index contributed by atoms with van der Waals surface area (Å²) >= 11 is 0. The van der Waals surface area contributed by atoms with E-state index in [1.807, 2.05) is 27.7 Å². The van der Waals surface area contributed by atoms with Crippen LogP contribution in [0.3, 0.4) is 0 Å². The van der Waals surface area contributed by atoms with Crippen LogP contribution in [0.2, 0.25) is 0 Å². The van der Waals surface area contributed by atoms with Crippen molar-refractivity contribution >= 4 is 11.9 Å². The van der Waals surface area contributed by atoms with Crippen LogP contribution in [0, 0.1) is 0 Å². The van der Waals surface area contributed by atoms with Gasteiger partial charge in [0.05, 0.1) is 37.6 Å². The minimum Gasteiger partial charge on any atom is -0.460 e. The molecule has 0 aromatic heterocycles. The van der Waals surface area contributed by atoms with Crippen LogP contribution in [0.1, 0.15) is 48.4 Å². The van der Waals surface area contributed by atoms with E-state index < -0.39 is 24.5 Å². The number of hydrogen-bond acceptors (Lipinski definition) is 10. The summed E-state index contributed by atoms with van der Waals surface area (Å²) in [6.45, 7) is 10.5. The van der Waals surface area contributed by atoms with Crippen LogP contribution in [0.4, 0.5) is 0 Å². The highest BCUT2D eigenvalue weighted by molar-refractivity contribution is 5.95. The fourth-order valence-corrected chi connectivity index (χ4v) is 2.72. The van der Waals surface area contributed by atoms with Gasteiger partial charge in [0.15, 0.2) is 12.6 Å². The second-order valence-corrected chi connectivity index (χ2v) is 6.68. The molecule has 0 atom stereocenters. The zero-order valence-corrected chi connectivity index (χ0v) is 20.6. The first-order chi connectivity index (χ1) is 16.5. The lowest BCUT2D eigenvalue weighted by Crippen LogP contribution is -2.25. The molecular weight excluding hydrogens is 448 g/mol. The first kappa shape index (κ1) is 30.0. The van der Waals surface area contributed by atoms with Crippen molar-refractivity contribution < 1.29 is 47.5 Å². The highest BCUT2D eigenvalue weighted by Gasteiger charge is 2.14. The quantitative estimate of drug-likeness (QED) is 0.155. The van der Waals surface area contributed by atoms with Crippen molar-refractivity contribution in [1.29, 1.82) is 0 Å². The van der Waals surface area contributed by atoms with Crippen LogP contribution in [0.25, 0.3) is 0 Å². The standard InChI is InChI=1S/C24H38O10/c1-5-29-21(30-6-2)17-27-12-14-33-23(25)19-10-9-11-20(16-19)24(26)34-15-13-28-18-22(31-7-3)32-8-4/h9-11,16,21-22H,5-8,12-15,17-18H2,1-4H3. The van der Waals surface area contributed by atoms with E-state index in [1.54, 1.807) is 18.2 Å². The largest absolute Gasteiger partial charge is 0.460 e. The van der Waals surface area contributed by atoms with E-state index in [9.17, 15) is 9.59 Å². The summed E-state index contributed by atoms with van der Waals surface area (Å²) in [4.78, 5) is 24.5.